The SMILES string of the molecule is CC(C)(Nc1ncc(Br)cc1N)c1nccs1. The van der Waals surface area contributed by atoms with Crippen molar-refractivity contribution in [2.24, 2.45) is 0 Å². The van der Waals surface area contributed by atoms with E-state index in [0.717, 1.165) is 9.48 Å². The molecule has 90 valence electrons. The standard InChI is InChI=1S/C11H13BrN4S/c1-11(2,10-14-3-4-17-10)16-9-8(13)5-7(12)6-15-9/h3-6H,13H2,1-2H3,(H,15,16). The fourth-order valence-corrected chi connectivity index (χ4v) is 2.51. The Bertz CT molecular complexity index is 510. The zero-order chi connectivity index (χ0) is 12.5. The molecule has 0 aliphatic rings. The summed E-state index contributed by atoms with van der Waals surface area (Å²) < 4.78 is 0.868. The average Bonchev–Trinajstić information content (AvgIpc) is 2.76. The molecule has 2 aromatic heterocycles. The normalized spacial score (nSPS) is 11.5. The molecule has 0 aliphatic carbocycles. The molecule has 0 amide bonds. The first-order valence-corrected chi connectivity index (χ1v) is 6.75. The predicted molar refractivity (Wildman–Crippen MR) is 75.1 cm³/mol. The van der Waals surface area contributed by atoms with Gasteiger partial charge in [0.2, 0.25) is 0 Å². The minimum absolute atomic E-state index is 0.289. The van der Waals surface area contributed by atoms with Gasteiger partial charge in [0.25, 0.3) is 0 Å². The van der Waals surface area contributed by atoms with Crippen LogP contribution in [0.4, 0.5) is 11.5 Å². The van der Waals surface area contributed by atoms with Crippen molar-refractivity contribution < 1.29 is 0 Å². The number of aromatic nitrogens is 2. The quantitative estimate of drug-likeness (QED) is 0.913. The number of nitrogens with one attached hydrogen (secondary N) is 1. The van der Waals surface area contributed by atoms with Crippen LogP contribution in [0.5, 0.6) is 0 Å². The Labute approximate surface area is 112 Å². The predicted octanol–water partition coefficient (Wildman–Crippen LogP) is 3.23. The maximum absolute atomic E-state index is 5.91. The number of anilines is 2. The van der Waals surface area contributed by atoms with Gasteiger partial charge in [0, 0.05) is 22.2 Å². The van der Waals surface area contributed by atoms with Gasteiger partial charge in [0.05, 0.1) is 11.2 Å². The molecule has 2 rings (SSSR count). The molecular formula is C11H13BrN4S. The molecule has 2 heterocycles. The summed E-state index contributed by atoms with van der Waals surface area (Å²) in [6, 6.07) is 1.83. The molecule has 17 heavy (non-hydrogen) atoms. The van der Waals surface area contributed by atoms with Crippen LogP contribution in [0.2, 0.25) is 0 Å². The van der Waals surface area contributed by atoms with Crippen LogP contribution in [0.25, 0.3) is 0 Å². The van der Waals surface area contributed by atoms with E-state index in [1.807, 2.05) is 11.4 Å². The van der Waals surface area contributed by atoms with E-state index in [1.165, 1.54) is 0 Å². The summed E-state index contributed by atoms with van der Waals surface area (Å²) in [6.45, 7) is 4.10. The largest absolute Gasteiger partial charge is 0.396 e. The van der Waals surface area contributed by atoms with Crippen molar-refractivity contribution in [1.29, 1.82) is 0 Å². The zero-order valence-corrected chi connectivity index (χ0v) is 12.0. The number of nitrogens with zero attached hydrogens (tertiary/aromatic N) is 2. The fraction of sp³-hybridized carbons (Fsp3) is 0.273. The maximum Gasteiger partial charge on any atom is 0.149 e. The van der Waals surface area contributed by atoms with Gasteiger partial charge in [-0.2, -0.15) is 0 Å². The van der Waals surface area contributed by atoms with Gasteiger partial charge >= 0.3 is 0 Å². The molecule has 4 nitrogen and oxygen atoms in total. The highest BCUT2D eigenvalue weighted by atomic mass is 79.9. The second-order valence-electron chi connectivity index (χ2n) is 4.18. The molecule has 0 unspecified atom stereocenters. The lowest BCUT2D eigenvalue weighted by atomic mass is 10.1. The molecule has 0 bridgehead atoms. The first-order chi connectivity index (χ1) is 7.99. The summed E-state index contributed by atoms with van der Waals surface area (Å²) in [5, 5.41) is 6.26. The van der Waals surface area contributed by atoms with Gasteiger partial charge in [-0.15, -0.1) is 11.3 Å². The Kier molecular flexibility index (Phi) is 3.35. The van der Waals surface area contributed by atoms with Gasteiger partial charge in [-0.1, -0.05) is 0 Å². The lowest BCUT2D eigenvalue weighted by molar-refractivity contribution is 0.601. The third-order valence-electron chi connectivity index (χ3n) is 2.28. The smallest absolute Gasteiger partial charge is 0.149 e. The Morgan fingerprint density at radius 2 is 2.18 bits per heavy atom. The number of nitrogen functional groups attached to an aromatic ring is 1. The summed E-state index contributed by atoms with van der Waals surface area (Å²) in [7, 11) is 0. The van der Waals surface area contributed by atoms with Crippen molar-refractivity contribution in [3.8, 4) is 0 Å². The van der Waals surface area contributed by atoms with Crippen molar-refractivity contribution in [2.75, 3.05) is 11.1 Å². The number of hydrogen-bond acceptors (Lipinski definition) is 5. The first-order valence-electron chi connectivity index (χ1n) is 5.08. The summed E-state index contributed by atoms with van der Waals surface area (Å²) in [5.74, 6) is 0.674. The second kappa shape index (κ2) is 4.62. The van der Waals surface area contributed by atoms with Crippen LogP contribution in [0, 0.1) is 0 Å². The van der Waals surface area contributed by atoms with Crippen LogP contribution in [0.15, 0.2) is 28.3 Å². The summed E-state index contributed by atoms with van der Waals surface area (Å²) in [6.07, 6.45) is 3.51. The number of rotatable bonds is 3. The molecular weight excluding hydrogens is 300 g/mol. The second-order valence-corrected chi connectivity index (χ2v) is 5.99. The molecule has 0 saturated carbocycles. The van der Waals surface area contributed by atoms with Gasteiger partial charge in [-0.25, -0.2) is 9.97 Å². The van der Waals surface area contributed by atoms with Crippen LogP contribution in [0.1, 0.15) is 18.9 Å². The number of hydrogen-bond donors (Lipinski definition) is 2. The third-order valence-corrected chi connectivity index (χ3v) is 3.81. The monoisotopic (exact) mass is 312 g/mol. The highest BCUT2D eigenvalue weighted by Crippen LogP contribution is 2.29. The van der Waals surface area contributed by atoms with Crippen molar-refractivity contribution in [1.82, 2.24) is 9.97 Å². The Hall–Kier alpha value is -1.14. The molecule has 2 aromatic rings. The number of nitrogens with two attached hydrogens (primary N) is 1. The minimum Gasteiger partial charge on any atom is -0.396 e. The highest BCUT2D eigenvalue weighted by molar-refractivity contribution is 9.10. The van der Waals surface area contributed by atoms with Crippen molar-refractivity contribution in [3.05, 3.63) is 33.3 Å². The van der Waals surface area contributed by atoms with Crippen LogP contribution in [-0.2, 0) is 5.54 Å². The minimum atomic E-state index is -0.289. The molecule has 0 spiro atoms. The van der Waals surface area contributed by atoms with Gasteiger partial charge in [0.1, 0.15) is 10.8 Å². The number of halogens is 1. The van der Waals surface area contributed by atoms with E-state index in [4.69, 9.17) is 5.73 Å². The first kappa shape index (κ1) is 12.3. The van der Waals surface area contributed by atoms with E-state index in [1.54, 1.807) is 23.7 Å². The molecule has 0 saturated heterocycles. The molecule has 0 aromatic carbocycles. The number of thiazole rings is 1. The summed E-state index contributed by atoms with van der Waals surface area (Å²) >= 11 is 4.94. The topological polar surface area (TPSA) is 63.8 Å². The summed E-state index contributed by atoms with van der Waals surface area (Å²) in [4.78, 5) is 8.58. The van der Waals surface area contributed by atoms with Gasteiger partial charge in [-0.3, -0.25) is 0 Å². The van der Waals surface area contributed by atoms with Crippen molar-refractivity contribution in [2.45, 2.75) is 19.4 Å². The highest BCUT2D eigenvalue weighted by Gasteiger charge is 2.24. The molecule has 0 radical (unpaired) electrons. The lowest BCUT2D eigenvalue weighted by Gasteiger charge is -2.25. The van der Waals surface area contributed by atoms with Gasteiger partial charge in [-0.05, 0) is 35.8 Å². The zero-order valence-electron chi connectivity index (χ0n) is 9.57. The van der Waals surface area contributed by atoms with Crippen molar-refractivity contribution in [3.63, 3.8) is 0 Å². The Morgan fingerprint density at radius 1 is 1.41 bits per heavy atom. The number of pyridine rings is 1. The van der Waals surface area contributed by atoms with E-state index in [-0.39, 0.29) is 5.54 Å². The molecule has 3 N–H and O–H groups in total. The van der Waals surface area contributed by atoms with Gasteiger partial charge in [0.15, 0.2) is 0 Å². The van der Waals surface area contributed by atoms with Crippen LogP contribution in [0.3, 0.4) is 0 Å². The molecule has 0 atom stereocenters. The Morgan fingerprint density at radius 3 is 2.76 bits per heavy atom. The Balaban J connectivity index is 2.26. The van der Waals surface area contributed by atoms with E-state index >= 15 is 0 Å². The van der Waals surface area contributed by atoms with Crippen LogP contribution < -0.4 is 11.1 Å². The van der Waals surface area contributed by atoms with Crippen LogP contribution in [-0.4, -0.2) is 9.97 Å². The molecule has 0 aliphatic heterocycles. The molecule has 0 fully saturated rings. The summed E-state index contributed by atoms with van der Waals surface area (Å²) in [5.41, 5.74) is 6.24. The maximum atomic E-state index is 5.91. The van der Waals surface area contributed by atoms with E-state index < -0.39 is 0 Å². The van der Waals surface area contributed by atoms with E-state index in [9.17, 15) is 0 Å². The van der Waals surface area contributed by atoms with Crippen LogP contribution >= 0.6 is 27.3 Å². The van der Waals surface area contributed by atoms with Crippen molar-refractivity contribution >= 4 is 38.8 Å². The van der Waals surface area contributed by atoms with Gasteiger partial charge < -0.3 is 11.1 Å². The average molecular weight is 313 g/mol. The third kappa shape index (κ3) is 2.76. The van der Waals surface area contributed by atoms with E-state index in [2.05, 4.69) is 45.1 Å². The lowest BCUT2D eigenvalue weighted by Crippen LogP contribution is -2.28. The van der Waals surface area contributed by atoms with E-state index in [0.29, 0.717) is 11.5 Å². The fourth-order valence-electron chi connectivity index (χ4n) is 1.44. The molecule has 6 heteroatoms.